The van der Waals surface area contributed by atoms with Gasteiger partial charge >= 0.3 is 0 Å². The van der Waals surface area contributed by atoms with Crippen LogP contribution in [0.5, 0.6) is 0 Å². The second-order valence-corrected chi connectivity index (χ2v) is 8.39. The molecule has 0 spiro atoms. The van der Waals surface area contributed by atoms with Gasteiger partial charge in [0.25, 0.3) is 11.7 Å². The van der Waals surface area contributed by atoms with Gasteiger partial charge in [0.15, 0.2) is 0 Å². The molecular weight excluding hydrogens is 445 g/mol. The van der Waals surface area contributed by atoms with Crippen LogP contribution in [0.25, 0.3) is 22.3 Å². The van der Waals surface area contributed by atoms with Crippen LogP contribution in [0, 0.1) is 6.92 Å². The Labute approximate surface area is 194 Å². The van der Waals surface area contributed by atoms with Crippen LogP contribution in [-0.4, -0.2) is 20.5 Å². The number of fused-ring (bicyclic) bond motifs is 1. The van der Waals surface area contributed by atoms with Crippen molar-refractivity contribution in [2.75, 3.05) is 0 Å². The SMILES string of the molecule is Cc1ccc2c(c1)c(C(=O)c1nc(-c3ccccc3)no1)cn2Cc1ccc(Cl)cc1Cl. The fourth-order valence-corrected chi connectivity index (χ4v) is 4.16. The van der Waals surface area contributed by atoms with Crippen molar-refractivity contribution in [2.45, 2.75) is 13.5 Å². The Hall–Kier alpha value is -3.41. The highest BCUT2D eigenvalue weighted by molar-refractivity contribution is 6.35. The first-order chi connectivity index (χ1) is 15.5. The average Bonchev–Trinajstić information content (AvgIpc) is 3.41. The van der Waals surface area contributed by atoms with Crippen molar-refractivity contribution in [3.63, 3.8) is 0 Å². The molecule has 0 atom stereocenters. The van der Waals surface area contributed by atoms with Gasteiger partial charge in [0.2, 0.25) is 5.82 Å². The molecule has 0 amide bonds. The maximum atomic E-state index is 13.3. The van der Waals surface area contributed by atoms with E-state index in [1.807, 2.05) is 72.3 Å². The molecule has 0 radical (unpaired) electrons. The predicted octanol–water partition coefficient (Wildman–Crippen LogP) is 6.59. The van der Waals surface area contributed by atoms with Crippen LogP contribution >= 0.6 is 23.2 Å². The van der Waals surface area contributed by atoms with E-state index in [0.29, 0.717) is 28.0 Å². The third-order valence-electron chi connectivity index (χ3n) is 5.29. The lowest BCUT2D eigenvalue weighted by atomic mass is 10.1. The number of hydrogen-bond acceptors (Lipinski definition) is 4. The molecular formula is C25H17Cl2N3O2. The highest BCUT2D eigenvalue weighted by atomic mass is 35.5. The standard InChI is InChI=1S/C25H17Cl2N3O2/c1-15-7-10-22-19(11-15)20(14-30(22)13-17-8-9-18(26)12-21(17)27)23(31)25-28-24(29-32-25)16-5-3-2-4-6-16/h2-12,14H,13H2,1H3. The summed E-state index contributed by atoms with van der Waals surface area (Å²) in [7, 11) is 0. The molecule has 2 heterocycles. The Bertz CT molecular complexity index is 1460. The van der Waals surface area contributed by atoms with Gasteiger partial charge in [-0.25, -0.2) is 0 Å². The minimum atomic E-state index is -0.323. The normalized spacial score (nSPS) is 11.2. The van der Waals surface area contributed by atoms with E-state index in [0.717, 1.165) is 27.6 Å². The van der Waals surface area contributed by atoms with E-state index in [2.05, 4.69) is 10.1 Å². The van der Waals surface area contributed by atoms with Crippen molar-refractivity contribution in [2.24, 2.45) is 0 Å². The maximum absolute atomic E-state index is 13.3. The van der Waals surface area contributed by atoms with Crippen molar-refractivity contribution in [1.82, 2.24) is 14.7 Å². The van der Waals surface area contributed by atoms with E-state index in [1.165, 1.54) is 0 Å². The van der Waals surface area contributed by atoms with Crippen LogP contribution in [0.3, 0.4) is 0 Å². The quantitative estimate of drug-likeness (QED) is 0.277. The lowest BCUT2D eigenvalue weighted by molar-refractivity contribution is 0.0995. The number of nitrogens with zero attached hydrogens (tertiary/aromatic N) is 3. The summed E-state index contributed by atoms with van der Waals surface area (Å²) in [6.07, 6.45) is 1.81. The number of aryl methyl sites for hydroxylation is 1. The summed E-state index contributed by atoms with van der Waals surface area (Å²) in [5.74, 6) is 0.00647. The second-order valence-electron chi connectivity index (χ2n) is 7.55. The topological polar surface area (TPSA) is 60.9 Å². The summed E-state index contributed by atoms with van der Waals surface area (Å²) in [6, 6.07) is 20.8. The molecule has 0 saturated heterocycles. The zero-order valence-corrected chi connectivity index (χ0v) is 18.6. The Balaban J connectivity index is 1.56. The third kappa shape index (κ3) is 3.81. The maximum Gasteiger partial charge on any atom is 0.299 e. The van der Waals surface area contributed by atoms with Gasteiger partial charge in [-0.15, -0.1) is 0 Å². The fraction of sp³-hybridized carbons (Fsp3) is 0.0800. The highest BCUT2D eigenvalue weighted by Crippen LogP contribution is 2.28. The molecule has 0 unspecified atom stereocenters. The van der Waals surface area contributed by atoms with Crippen molar-refractivity contribution in [1.29, 1.82) is 0 Å². The minimum Gasteiger partial charge on any atom is -0.342 e. The van der Waals surface area contributed by atoms with E-state index in [1.54, 1.807) is 12.1 Å². The van der Waals surface area contributed by atoms with Crippen molar-refractivity contribution in [3.8, 4) is 11.4 Å². The molecule has 0 fully saturated rings. The van der Waals surface area contributed by atoms with Gasteiger partial charge in [-0.2, -0.15) is 4.98 Å². The minimum absolute atomic E-state index is 0.0473. The molecule has 158 valence electrons. The first-order valence-corrected chi connectivity index (χ1v) is 10.7. The number of hydrogen-bond donors (Lipinski definition) is 0. The second kappa shape index (κ2) is 8.26. The summed E-state index contributed by atoms with van der Waals surface area (Å²) in [6.45, 7) is 2.48. The van der Waals surface area contributed by atoms with E-state index in [-0.39, 0.29) is 11.7 Å². The first-order valence-electron chi connectivity index (χ1n) is 9.97. The third-order valence-corrected chi connectivity index (χ3v) is 5.88. The Morgan fingerprint density at radius 2 is 1.84 bits per heavy atom. The number of rotatable bonds is 5. The molecule has 7 heteroatoms. The summed E-state index contributed by atoms with van der Waals surface area (Å²) >= 11 is 12.4. The highest BCUT2D eigenvalue weighted by Gasteiger charge is 2.23. The van der Waals surface area contributed by atoms with E-state index < -0.39 is 0 Å². The Morgan fingerprint density at radius 1 is 1.03 bits per heavy atom. The average molecular weight is 462 g/mol. The largest absolute Gasteiger partial charge is 0.342 e. The van der Waals surface area contributed by atoms with Crippen LogP contribution in [0.4, 0.5) is 0 Å². The van der Waals surface area contributed by atoms with Crippen molar-refractivity contribution in [3.05, 3.63) is 106 Å². The zero-order valence-electron chi connectivity index (χ0n) is 17.0. The molecule has 5 nitrogen and oxygen atoms in total. The molecule has 0 bridgehead atoms. The smallest absolute Gasteiger partial charge is 0.299 e. The van der Waals surface area contributed by atoms with Crippen LogP contribution in [0.2, 0.25) is 10.0 Å². The Kier molecular flexibility index (Phi) is 5.29. The van der Waals surface area contributed by atoms with Crippen molar-refractivity contribution >= 4 is 39.9 Å². The molecule has 5 aromatic rings. The van der Waals surface area contributed by atoms with Crippen LogP contribution in [-0.2, 0) is 6.54 Å². The molecule has 5 rings (SSSR count). The number of halogens is 2. The molecule has 0 aliphatic heterocycles. The molecule has 2 aromatic heterocycles. The lowest BCUT2D eigenvalue weighted by Gasteiger charge is -2.08. The van der Waals surface area contributed by atoms with Crippen LogP contribution < -0.4 is 0 Å². The van der Waals surface area contributed by atoms with E-state index >= 15 is 0 Å². The number of aromatic nitrogens is 3. The zero-order chi connectivity index (χ0) is 22.2. The summed E-state index contributed by atoms with van der Waals surface area (Å²) < 4.78 is 7.31. The molecule has 0 aliphatic rings. The molecule has 0 N–H and O–H groups in total. The van der Waals surface area contributed by atoms with Gasteiger partial charge in [-0.1, -0.05) is 76.4 Å². The van der Waals surface area contributed by atoms with Gasteiger partial charge in [0.1, 0.15) is 0 Å². The first kappa shape index (κ1) is 20.5. The number of carbonyl (C=O) groups excluding carboxylic acids is 1. The van der Waals surface area contributed by atoms with Gasteiger partial charge < -0.3 is 9.09 Å². The van der Waals surface area contributed by atoms with E-state index in [9.17, 15) is 4.79 Å². The molecule has 32 heavy (non-hydrogen) atoms. The predicted molar refractivity (Wildman–Crippen MR) is 125 cm³/mol. The van der Waals surface area contributed by atoms with Gasteiger partial charge in [0.05, 0.1) is 5.56 Å². The number of ketones is 1. The summed E-state index contributed by atoms with van der Waals surface area (Å²) in [5, 5.41) is 5.95. The molecule has 0 saturated carbocycles. The molecule has 0 aliphatic carbocycles. The monoisotopic (exact) mass is 461 g/mol. The van der Waals surface area contributed by atoms with Gasteiger partial charge in [0, 0.05) is 39.3 Å². The van der Waals surface area contributed by atoms with Gasteiger partial charge in [-0.3, -0.25) is 4.79 Å². The van der Waals surface area contributed by atoms with Gasteiger partial charge in [-0.05, 0) is 36.8 Å². The fourth-order valence-electron chi connectivity index (χ4n) is 3.69. The van der Waals surface area contributed by atoms with Crippen LogP contribution in [0.1, 0.15) is 27.4 Å². The number of benzene rings is 3. The number of carbonyl (C=O) groups is 1. The van der Waals surface area contributed by atoms with Crippen molar-refractivity contribution < 1.29 is 9.32 Å². The summed E-state index contributed by atoms with van der Waals surface area (Å²) in [5.41, 5.74) is 4.14. The molecule has 3 aromatic carbocycles. The van der Waals surface area contributed by atoms with Crippen LogP contribution in [0.15, 0.2) is 77.4 Å². The van der Waals surface area contributed by atoms with E-state index in [4.69, 9.17) is 27.7 Å². The summed E-state index contributed by atoms with van der Waals surface area (Å²) in [4.78, 5) is 17.7. The lowest BCUT2D eigenvalue weighted by Crippen LogP contribution is -2.02. The Morgan fingerprint density at radius 3 is 2.62 bits per heavy atom.